The molecule has 0 bridgehead atoms. The van der Waals surface area contributed by atoms with E-state index < -0.39 is 0 Å². The highest BCUT2D eigenvalue weighted by Gasteiger charge is 2.12. The van der Waals surface area contributed by atoms with E-state index in [1.807, 2.05) is 0 Å². The number of nitrogens with zero attached hydrogens (tertiary/aromatic N) is 2. The van der Waals surface area contributed by atoms with Crippen molar-refractivity contribution in [2.45, 2.75) is 0 Å². The SMILES string of the molecule is COc1cnccc1C(=O)Nc1ccc(N)nc1. The molecule has 0 spiro atoms. The second-order valence-corrected chi connectivity index (χ2v) is 3.50. The Balaban J connectivity index is 2.19. The summed E-state index contributed by atoms with van der Waals surface area (Å²) in [6.07, 6.45) is 4.50. The van der Waals surface area contributed by atoms with Crippen LogP contribution in [-0.4, -0.2) is 23.0 Å². The van der Waals surface area contributed by atoms with Crippen LogP contribution in [0.5, 0.6) is 5.75 Å². The Morgan fingerprint density at radius 3 is 2.83 bits per heavy atom. The molecular weight excluding hydrogens is 232 g/mol. The van der Waals surface area contributed by atoms with Gasteiger partial charge in [0.2, 0.25) is 0 Å². The van der Waals surface area contributed by atoms with E-state index in [9.17, 15) is 4.79 Å². The van der Waals surface area contributed by atoms with Crippen LogP contribution in [0.1, 0.15) is 10.4 Å². The highest BCUT2D eigenvalue weighted by molar-refractivity contribution is 6.06. The van der Waals surface area contributed by atoms with E-state index in [-0.39, 0.29) is 5.91 Å². The van der Waals surface area contributed by atoms with Crippen LogP contribution in [-0.2, 0) is 0 Å². The molecule has 0 aliphatic heterocycles. The largest absolute Gasteiger partial charge is 0.494 e. The van der Waals surface area contributed by atoms with Crippen molar-refractivity contribution in [1.29, 1.82) is 0 Å². The Morgan fingerprint density at radius 2 is 2.17 bits per heavy atom. The van der Waals surface area contributed by atoms with Crippen LogP contribution in [0.3, 0.4) is 0 Å². The number of nitrogen functional groups attached to an aromatic ring is 1. The summed E-state index contributed by atoms with van der Waals surface area (Å²) in [6, 6.07) is 4.87. The minimum atomic E-state index is -0.291. The second kappa shape index (κ2) is 5.13. The molecule has 0 aliphatic carbocycles. The Kier molecular flexibility index (Phi) is 3.38. The van der Waals surface area contributed by atoms with Gasteiger partial charge < -0.3 is 15.8 Å². The molecule has 0 fully saturated rings. The zero-order valence-corrected chi connectivity index (χ0v) is 9.75. The highest BCUT2D eigenvalue weighted by atomic mass is 16.5. The Bertz CT molecular complexity index is 554. The topological polar surface area (TPSA) is 90.1 Å². The molecule has 0 radical (unpaired) electrons. The Morgan fingerprint density at radius 1 is 1.33 bits per heavy atom. The van der Waals surface area contributed by atoms with E-state index in [2.05, 4.69) is 15.3 Å². The molecule has 3 N–H and O–H groups in total. The lowest BCUT2D eigenvalue weighted by Crippen LogP contribution is -2.13. The lowest BCUT2D eigenvalue weighted by atomic mass is 10.2. The summed E-state index contributed by atoms with van der Waals surface area (Å²) in [7, 11) is 1.48. The number of pyridine rings is 2. The Hall–Kier alpha value is -2.63. The van der Waals surface area contributed by atoms with Gasteiger partial charge in [-0.15, -0.1) is 0 Å². The zero-order valence-electron chi connectivity index (χ0n) is 9.75. The fourth-order valence-corrected chi connectivity index (χ4v) is 1.41. The minimum Gasteiger partial charge on any atom is -0.494 e. The molecule has 0 aromatic carbocycles. The molecule has 18 heavy (non-hydrogen) atoms. The third-order valence-corrected chi connectivity index (χ3v) is 2.29. The first-order valence-electron chi connectivity index (χ1n) is 5.21. The van der Waals surface area contributed by atoms with E-state index in [0.29, 0.717) is 22.8 Å². The maximum Gasteiger partial charge on any atom is 0.259 e. The number of hydrogen-bond acceptors (Lipinski definition) is 5. The van der Waals surface area contributed by atoms with Crippen molar-refractivity contribution in [1.82, 2.24) is 9.97 Å². The molecule has 0 saturated carbocycles. The number of anilines is 2. The van der Waals surface area contributed by atoms with Crippen LogP contribution in [0.2, 0.25) is 0 Å². The summed E-state index contributed by atoms with van der Waals surface area (Å²) < 4.78 is 5.06. The van der Waals surface area contributed by atoms with Gasteiger partial charge in [-0.25, -0.2) is 4.98 Å². The normalized spacial score (nSPS) is 9.83. The molecule has 1 amide bonds. The number of aromatic nitrogens is 2. The van der Waals surface area contributed by atoms with Crippen molar-refractivity contribution in [2.24, 2.45) is 0 Å². The number of amides is 1. The zero-order chi connectivity index (χ0) is 13.0. The molecule has 0 saturated heterocycles. The fraction of sp³-hybridized carbons (Fsp3) is 0.0833. The predicted octanol–water partition coefficient (Wildman–Crippen LogP) is 1.32. The first-order chi connectivity index (χ1) is 8.70. The average Bonchev–Trinajstić information content (AvgIpc) is 2.41. The third kappa shape index (κ3) is 2.54. The van der Waals surface area contributed by atoms with Gasteiger partial charge in [-0.2, -0.15) is 0 Å². The van der Waals surface area contributed by atoms with Gasteiger partial charge >= 0.3 is 0 Å². The Labute approximate surface area is 104 Å². The van der Waals surface area contributed by atoms with Crippen molar-refractivity contribution in [3.05, 3.63) is 42.4 Å². The van der Waals surface area contributed by atoms with Crippen LogP contribution < -0.4 is 15.8 Å². The lowest BCUT2D eigenvalue weighted by molar-refractivity contribution is 0.102. The van der Waals surface area contributed by atoms with E-state index in [1.54, 1.807) is 18.2 Å². The van der Waals surface area contributed by atoms with Gasteiger partial charge in [-0.1, -0.05) is 0 Å². The predicted molar refractivity (Wildman–Crippen MR) is 67.4 cm³/mol. The molecular formula is C12H12N4O2. The van der Waals surface area contributed by atoms with Crippen molar-refractivity contribution in [3.8, 4) is 5.75 Å². The van der Waals surface area contributed by atoms with Crippen LogP contribution in [0, 0.1) is 0 Å². The molecule has 2 aromatic heterocycles. The van der Waals surface area contributed by atoms with Crippen LogP contribution in [0.25, 0.3) is 0 Å². The van der Waals surface area contributed by atoms with Gasteiger partial charge in [0.1, 0.15) is 11.6 Å². The van der Waals surface area contributed by atoms with Gasteiger partial charge in [-0.3, -0.25) is 9.78 Å². The average molecular weight is 244 g/mol. The number of carbonyl (C=O) groups is 1. The maximum atomic E-state index is 12.0. The monoisotopic (exact) mass is 244 g/mol. The summed E-state index contributed by atoms with van der Waals surface area (Å²) in [5, 5.41) is 2.70. The van der Waals surface area contributed by atoms with Crippen molar-refractivity contribution < 1.29 is 9.53 Å². The summed E-state index contributed by atoms with van der Waals surface area (Å²) >= 11 is 0. The summed E-state index contributed by atoms with van der Waals surface area (Å²) in [6.45, 7) is 0. The van der Waals surface area contributed by atoms with Crippen LogP contribution in [0.4, 0.5) is 11.5 Å². The third-order valence-electron chi connectivity index (χ3n) is 2.29. The van der Waals surface area contributed by atoms with Gasteiger partial charge in [0, 0.05) is 6.20 Å². The summed E-state index contributed by atoms with van der Waals surface area (Å²) in [5.74, 6) is 0.522. The molecule has 2 heterocycles. The molecule has 92 valence electrons. The van der Waals surface area contributed by atoms with E-state index >= 15 is 0 Å². The highest BCUT2D eigenvalue weighted by Crippen LogP contribution is 2.17. The molecule has 0 aliphatic rings. The van der Waals surface area contributed by atoms with Crippen molar-refractivity contribution in [2.75, 3.05) is 18.2 Å². The second-order valence-electron chi connectivity index (χ2n) is 3.50. The quantitative estimate of drug-likeness (QED) is 0.849. The standard InChI is InChI=1S/C12H12N4O2/c1-18-10-7-14-5-4-9(10)12(17)16-8-2-3-11(13)15-6-8/h2-7H,1H3,(H2,13,15)(H,16,17). The lowest BCUT2D eigenvalue weighted by Gasteiger charge is -2.08. The fourth-order valence-electron chi connectivity index (χ4n) is 1.41. The number of nitrogens with two attached hydrogens (primary N) is 1. The molecule has 2 aromatic rings. The molecule has 0 unspecified atom stereocenters. The number of methoxy groups -OCH3 is 1. The van der Waals surface area contributed by atoms with E-state index in [0.717, 1.165) is 0 Å². The summed E-state index contributed by atoms with van der Waals surface area (Å²) in [4.78, 5) is 19.8. The first-order valence-corrected chi connectivity index (χ1v) is 5.21. The molecule has 6 heteroatoms. The maximum absolute atomic E-state index is 12.0. The molecule has 0 atom stereocenters. The van der Waals surface area contributed by atoms with Crippen molar-refractivity contribution in [3.63, 3.8) is 0 Å². The molecule has 2 rings (SSSR count). The molecule has 6 nitrogen and oxygen atoms in total. The summed E-state index contributed by atoms with van der Waals surface area (Å²) in [5.41, 5.74) is 6.43. The van der Waals surface area contributed by atoms with Crippen LogP contribution in [0.15, 0.2) is 36.8 Å². The number of rotatable bonds is 3. The first kappa shape index (κ1) is 11.8. The van der Waals surface area contributed by atoms with Gasteiger partial charge in [-0.05, 0) is 18.2 Å². The van der Waals surface area contributed by atoms with Gasteiger partial charge in [0.05, 0.1) is 30.8 Å². The van der Waals surface area contributed by atoms with E-state index in [1.165, 1.54) is 25.7 Å². The van der Waals surface area contributed by atoms with Crippen LogP contribution >= 0.6 is 0 Å². The van der Waals surface area contributed by atoms with Gasteiger partial charge in [0.15, 0.2) is 0 Å². The van der Waals surface area contributed by atoms with Crippen molar-refractivity contribution >= 4 is 17.4 Å². The number of carbonyl (C=O) groups excluding carboxylic acids is 1. The smallest absolute Gasteiger partial charge is 0.259 e. The number of hydrogen-bond donors (Lipinski definition) is 2. The minimum absolute atomic E-state index is 0.291. The number of ether oxygens (including phenoxy) is 1. The number of nitrogens with one attached hydrogen (secondary N) is 1. The van der Waals surface area contributed by atoms with Gasteiger partial charge in [0.25, 0.3) is 5.91 Å². The van der Waals surface area contributed by atoms with E-state index in [4.69, 9.17) is 10.5 Å².